The molecule has 3 atom stereocenters. The average Bonchev–Trinajstić information content (AvgIpc) is 3.45. The second kappa shape index (κ2) is 7.77. The first-order valence-corrected chi connectivity index (χ1v) is 11.9. The number of rotatable bonds is 3. The number of nitrogens with zero attached hydrogens (tertiary/aromatic N) is 1. The lowest BCUT2D eigenvalue weighted by Gasteiger charge is -2.27. The molecule has 1 aliphatic carbocycles. The average molecular weight is 483 g/mol. The highest BCUT2D eigenvalue weighted by atomic mass is 19.1. The van der Waals surface area contributed by atoms with Gasteiger partial charge in [-0.25, -0.2) is 9.29 Å². The molecule has 7 heteroatoms. The van der Waals surface area contributed by atoms with Crippen LogP contribution in [0, 0.1) is 17.7 Å². The van der Waals surface area contributed by atoms with E-state index in [1.165, 1.54) is 24.3 Å². The second-order valence-corrected chi connectivity index (χ2v) is 9.79. The van der Waals surface area contributed by atoms with Gasteiger partial charge in [-0.15, -0.1) is 0 Å². The number of ether oxygens (including phenoxy) is 1. The highest BCUT2D eigenvalue weighted by Crippen LogP contribution is 2.57. The summed E-state index contributed by atoms with van der Waals surface area (Å²) in [5.41, 5.74) is 0.0857. The number of amides is 2. The fourth-order valence-electron chi connectivity index (χ4n) is 5.73. The number of benzene rings is 3. The topological polar surface area (TPSA) is 80.8 Å². The Morgan fingerprint density at radius 2 is 1.39 bits per heavy atom. The zero-order valence-corrected chi connectivity index (χ0v) is 19.6. The molecule has 2 amide bonds. The van der Waals surface area contributed by atoms with Crippen molar-refractivity contribution in [2.75, 3.05) is 4.90 Å². The summed E-state index contributed by atoms with van der Waals surface area (Å²) in [6, 6.07) is 18.8. The molecule has 2 heterocycles. The molecule has 2 fully saturated rings. The molecule has 0 bridgehead atoms. The van der Waals surface area contributed by atoms with E-state index in [9.17, 15) is 23.6 Å². The molecule has 3 aromatic rings. The van der Waals surface area contributed by atoms with Crippen molar-refractivity contribution >= 4 is 29.1 Å². The highest BCUT2D eigenvalue weighted by molar-refractivity contribution is 6.37. The molecule has 2 aliphatic heterocycles. The van der Waals surface area contributed by atoms with Gasteiger partial charge in [-0.1, -0.05) is 62.4 Å². The van der Waals surface area contributed by atoms with Crippen LogP contribution in [0.2, 0.25) is 0 Å². The van der Waals surface area contributed by atoms with Crippen LogP contribution in [0.15, 0.2) is 72.8 Å². The maximum Gasteiger partial charge on any atom is 0.241 e. The number of halogens is 1. The van der Waals surface area contributed by atoms with Gasteiger partial charge in [-0.05, 0) is 41.3 Å². The molecule has 3 aliphatic rings. The first-order chi connectivity index (χ1) is 17.3. The Morgan fingerprint density at radius 3 is 1.94 bits per heavy atom. The van der Waals surface area contributed by atoms with Crippen LogP contribution in [0.25, 0.3) is 0 Å². The number of fused-ring (bicyclic) bond motifs is 3. The Hall–Kier alpha value is -3.97. The summed E-state index contributed by atoms with van der Waals surface area (Å²) in [5.74, 6) is -5.17. The van der Waals surface area contributed by atoms with Crippen molar-refractivity contribution in [3.05, 3.63) is 101 Å². The van der Waals surface area contributed by atoms with Gasteiger partial charge in [0.1, 0.15) is 5.82 Å². The van der Waals surface area contributed by atoms with Gasteiger partial charge >= 0.3 is 0 Å². The van der Waals surface area contributed by atoms with Crippen LogP contribution in [0.5, 0.6) is 0 Å². The molecule has 180 valence electrons. The second-order valence-electron chi connectivity index (χ2n) is 9.79. The Bertz CT molecular complexity index is 1410. The summed E-state index contributed by atoms with van der Waals surface area (Å²) in [4.78, 5) is 56.1. The largest absolute Gasteiger partial charge is 0.349 e. The van der Waals surface area contributed by atoms with E-state index in [1.807, 2.05) is 24.3 Å². The predicted molar refractivity (Wildman–Crippen MR) is 128 cm³/mol. The zero-order chi connectivity index (χ0) is 25.4. The van der Waals surface area contributed by atoms with E-state index in [0.717, 1.165) is 22.6 Å². The summed E-state index contributed by atoms with van der Waals surface area (Å²) in [7, 11) is 0. The number of ketones is 2. The summed E-state index contributed by atoms with van der Waals surface area (Å²) in [5, 5.41) is 0. The normalized spacial score (nSPS) is 24.2. The fourth-order valence-corrected chi connectivity index (χ4v) is 5.73. The molecule has 3 aromatic carbocycles. The molecule has 6 nitrogen and oxygen atoms in total. The summed E-state index contributed by atoms with van der Waals surface area (Å²) in [6.07, 6.45) is -0.986. The lowest BCUT2D eigenvalue weighted by molar-refractivity contribution is -0.127. The molecule has 6 rings (SSSR count). The number of anilines is 1. The minimum absolute atomic E-state index is 0.178. The molecular formula is C29H22FNO5. The Morgan fingerprint density at radius 1 is 0.806 bits per heavy atom. The monoisotopic (exact) mass is 483 g/mol. The lowest BCUT2D eigenvalue weighted by Crippen LogP contribution is -2.51. The van der Waals surface area contributed by atoms with Gasteiger partial charge in [0.2, 0.25) is 29.0 Å². The molecule has 36 heavy (non-hydrogen) atoms. The van der Waals surface area contributed by atoms with Crippen molar-refractivity contribution in [1.82, 2.24) is 0 Å². The summed E-state index contributed by atoms with van der Waals surface area (Å²) < 4.78 is 19.9. The van der Waals surface area contributed by atoms with Gasteiger partial charge in [0.05, 0.1) is 23.6 Å². The Kier molecular flexibility index (Phi) is 4.85. The molecule has 0 aromatic heterocycles. The van der Waals surface area contributed by atoms with Gasteiger partial charge in [0, 0.05) is 11.1 Å². The quantitative estimate of drug-likeness (QED) is 0.400. The highest BCUT2D eigenvalue weighted by Gasteiger charge is 2.74. The van der Waals surface area contributed by atoms with E-state index in [0.29, 0.717) is 5.56 Å². The Balaban J connectivity index is 1.52. The van der Waals surface area contributed by atoms with Gasteiger partial charge in [0.25, 0.3) is 0 Å². The number of Topliss-reactive ketones (excluding diaryl/α,β-unsaturated/α-hetero) is 2. The number of carbonyl (C=O) groups excluding carboxylic acids is 4. The van der Waals surface area contributed by atoms with Crippen LogP contribution in [-0.2, 0) is 14.3 Å². The van der Waals surface area contributed by atoms with Crippen LogP contribution in [0.4, 0.5) is 10.1 Å². The minimum atomic E-state index is -2.13. The minimum Gasteiger partial charge on any atom is -0.349 e. The van der Waals surface area contributed by atoms with E-state index in [4.69, 9.17) is 4.74 Å². The molecule has 0 N–H and O–H groups in total. The number of carbonyl (C=O) groups is 4. The first kappa shape index (κ1) is 22.5. The fraction of sp³-hybridized carbons (Fsp3) is 0.241. The van der Waals surface area contributed by atoms with Crippen LogP contribution < -0.4 is 4.90 Å². The maximum atomic E-state index is 13.8. The Labute approximate surface area is 206 Å². The SMILES string of the molecule is CC(C)c1ccc(C2OC3(C(=O)c4ccccc4C3=O)C3C(=O)N(c4ccc(F)cc4)C(=O)C23)cc1. The van der Waals surface area contributed by atoms with E-state index in [2.05, 4.69) is 13.8 Å². The van der Waals surface area contributed by atoms with Gasteiger partial charge < -0.3 is 4.74 Å². The van der Waals surface area contributed by atoms with Gasteiger partial charge in [0.15, 0.2) is 0 Å². The number of imide groups is 1. The summed E-state index contributed by atoms with van der Waals surface area (Å²) >= 11 is 0. The van der Waals surface area contributed by atoms with Crippen molar-refractivity contribution in [3.63, 3.8) is 0 Å². The van der Waals surface area contributed by atoms with E-state index >= 15 is 0 Å². The summed E-state index contributed by atoms with van der Waals surface area (Å²) in [6.45, 7) is 4.11. The molecule has 3 unspecified atom stereocenters. The van der Waals surface area contributed by atoms with E-state index in [-0.39, 0.29) is 22.7 Å². The molecule has 2 saturated heterocycles. The van der Waals surface area contributed by atoms with Crippen molar-refractivity contribution in [3.8, 4) is 0 Å². The van der Waals surface area contributed by atoms with Crippen LogP contribution in [0.3, 0.4) is 0 Å². The molecule has 1 spiro atoms. The van der Waals surface area contributed by atoms with Gasteiger partial charge in [-0.3, -0.25) is 19.2 Å². The third-order valence-electron chi connectivity index (χ3n) is 7.54. The van der Waals surface area contributed by atoms with Crippen LogP contribution in [0.1, 0.15) is 57.7 Å². The smallest absolute Gasteiger partial charge is 0.241 e. The molecule has 0 saturated carbocycles. The van der Waals surface area contributed by atoms with Crippen LogP contribution in [-0.4, -0.2) is 29.0 Å². The van der Waals surface area contributed by atoms with Crippen molar-refractivity contribution in [1.29, 1.82) is 0 Å². The van der Waals surface area contributed by atoms with Crippen molar-refractivity contribution in [2.24, 2.45) is 11.8 Å². The first-order valence-electron chi connectivity index (χ1n) is 11.9. The van der Waals surface area contributed by atoms with Crippen molar-refractivity contribution in [2.45, 2.75) is 31.5 Å². The third-order valence-corrected chi connectivity index (χ3v) is 7.54. The van der Waals surface area contributed by atoms with Crippen LogP contribution >= 0.6 is 0 Å². The van der Waals surface area contributed by atoms with Gasteiger partial charge in [-0.2, -0.15) is 0 Å². The maximum absolute atomic E-state index is 13.8. The number of hydrogen-bond donors (Lipinski definition) is 0. The molecular weight excluding hydrogens is 461 g/mol. The lowest BCUT2D eigenvalue weighted by atomic mass is 9.77. The number of hydrogen-bond acceptors (Lipinski definition) is 5. The predicted octanol–water partition coefficient (Wildman–Crippen LogP) is 4.64. The van der Waals surface area contributed by atoms with E-state index in [1.54, 1.807) is 12.1 Å². The third kappa shape index (κ3) is 2.86. The zero-order valence-electron chi connectivity index (χ0n) is 19.6. The van der Waals surface area contributed by atoms with Crippen molar-refractivity contribution < 1.29 is 28.3 Å². The molecule has 0 radical (unpaired) electrons. The van der Waals surface area contributed by atoms with E-state index < -0.39 is 52.7 Å². The standard InChI is InChI=1S/C29H22FNO5/c1-15(2)16-7-9-17(10-8-16)24-22-23(28(35)31(27(22)34)19-13-11-18(30)12-14-19)29(36-24)25(32)20-5-3-4-6-21(20)26(29)33/h3-15,22-24H,1-2H3.